The molecule has 0 fully saturated rings. The smallest absolute Gasteiger partial charge is 0.543 e. The predicted molar refractivity (Wildman–Crippen MR) is 29.3 cm³/mol. The van der Waals surface area contributed by atoms with Gasteiger partial charge in [0.15, 0.2) is 0 Å². The molecule has 0 spiro atoms. The Morgan fingerprint density at radius 2 is 2.27 bits per heavy atom. The van der Waals surface area contributed by atoms with E-state index in [2.05, 4.69) is 4.74 Å². The van der Waals surface area contributed by atoms with Crippen molar-refractivity contribution in [3.8, 4) is 0 Å². The van der Waals surface area contributed by atoms with E-state index in [9.17, 15) is 9.90 Å². The summed E-state index contributed by atoms with van der Waals surface area (Å²) in [4.78, 5) is 10.3. The van der Waals surface area contributed by atoms with Crippen LogP contribution in [0.5, 0.6) is 0 Å². The van der Waals surface area contributed by atoms with E-state index in [1.807, 2.05) is 0 Å². The van der Waals surface area contributed by atoms with Crippen molar-refractivity contribution >= 4 is 5.97 Å². The Hall–Kier alpha value is 0.446. The van der Waals surface area contributed by atoms with Gasteiger partial charge in [-0.25, -0.2) is 0 Å². The molecule has 56 valence electrons. The van der Waals surface area contributed by atoms with Crippen molar-refractivity contribution in [2.75, 3.05) is 0 Å². The van der Waals surface area contributed by atoms with Crippen LogP contribution in [0.2, 0.25) is 0 Å². The number of aliphatic carboxylic acids is 1. The van der Waals surface area contributed by atoms with Crippen molar-refractivity contribution in [3.05, 3.63) is 12.0 Å². The van der Waals surface area contributed by atoms with Gasteiger partial charge >= 0.3 is 51.4 Å². The van der Waals surface area contributed by atoms with Crippen LogP contribution in [0.15, 0.2) is 12.0 Å². The molecule has 0 radical (unpaired) electrons. The van der Waals surface area contributed by atoms with E-state index in [4.69, 9.17) is 4.74 Å². The van der Waals surface area contributed by atoms with Crippen molar-refractivity contribution < 1.29 is 70.8 Å². The molecule has 0 saturated carbocycles. The van der Waals surface area contributed by atoms with Gasteiger partial charge in [0.25, 0.3) is 5.79 Å². The Balaban J connectivity index is 0.000001000. The van der Waals surface area contributed by atoms with Gasteiger partial charge in [-0.2, -0.15) is 0 Å². The molecule has 1 atom stereocenters. The molecule has 11 heavy (non-hydrogen) atoms. The van der Waals surface area contributed by atoms with Gasteiger partial charge < -0.3 is 19.4 Å². The Bertz CT molecular complexity index is 201. The summed E-state index contributed by atoms with van der Waals surface area (Å²) in [7, 11) is 0. The van der Waals surface area contributed by atoms with Gasteiger partial charge in [0.1, 0.15) is 18.0 Å². The minimum atomic E-state index is -1.62. The first-order valence-corrected chi connectivity index (χ1v) is 2.79. The van der Waals surface area contributed by atoms with E-state index in [0.29, 0.717) is 5.76 Å². The summed E-state index contributed by atoms with van der Waals surface area (Å²) in [5, 5.41) is 10.3. The number of carbonyl (C=O) groups is 1. The number of allylic oxidation sites excluding steroid dienone is 1. The molecule has 0 amide bonds. The maximum Gasteiger partial charge on any atom is 1.00 e. The summed E-state index contributed by atoms with van der Waals surface area (Å²) < 4.78 is 9.45. The number of carbonyl (C=O) groups excluding carboxylic acids is 1. The number of hydrogen-bond donors (Lipinski definition) is 0. The summed E-state index contributed by atoms with van der Waals surface area (Å²) in [6.45, 7) is 2.89. The van der Waals surface area contributed by atoms with Gasteiger partial charge in [-0.05, 0) is 6.92 Å². The Labute approximate surface area is 107 Å². The van der Waals surface area contributed by atoms with Gasteiger partial charge in [-0.15, -0.1) is 0 Å². The van der Waals surface area contributed by atoms with Gasteiger partial charge in [0, 0.05) is 6.92 Å². The zero-order valence-corrected chi connectivity index (χ0v) is 9.83. The average Bonchev–Trinajstić information content (AvgIpc) is 2.13. The molecule has 1 unspecified atom stereocenters. The fraction of sp³-hybridized carbons (Fsp3) is 0.500. The second-order valence-electron chi connectivity index (χ2n) is 2.18. The molecule has 0 aromatic heterocycles. The van der Waals surface area contributed by atoms with Crippen LogP contribution in [0.3, 0.4) is 0 Å². The molecule has 1 aliphatic heterocycles. The molecule has 0 bridgehead atoms. The van der Waals surface area contributed by atoms with E-state index in [1.165, 1.54) is 13.2 Å². The minimum absolute atomic E-state index is 0. The first kappa shape index (κ1) is 11.4. The number of carboxylic acid groups (broad SMARTS) is 1. The molecular formula is C6H7KO4. The normalized spacial score (nSPS) is 27.6. The zero-order valence-electron chi connectivity index (χ0n) is 6.71. The van der Waals surface area contributed by atoms with E-state index in [1.54, 1.807) is 6.92 Å². The molecule has 0 saturated heterocycles. The molecule has 5 heteroatoms. The molecule has 1 heterocycles. The van der Waals surface area contributed by atoms with Gasteiger partial charge in [-0.3, -0.25) is 0 Å². The van der Waals surface area contributed by atoms with E-state index < -0.39 is 11.8 Å². The summed E-state index contributed by atoms with van der Waals surface area (Å²) >= 11 is 0. The molecule has 0 aromatic rings. The maximum absolute atomic E-state index is 10.3. The monoisotopic (exact) mass is 182 g/mol. The number of rotatable bonds is 1. The van der Waals surface area contributed by atoms with Crippen LogP contribution >= 0.6 is 0 Å². The zero-order chi connectivity index (χ0) is 7.78. The van der Waals surface area contributed by atoms with Crippen LogP contribution in [0.1, 0.15) is 13.8 Å². The van der Waals surface area contributed by atoms with Crippen LogP contribution in [-0.4, -0.2) is 11.8 Å². The Morgan fingerprint density at radius 3 is 2.45 bits per heavy atom. The van der Waals surface area contributed by atoms with Crippen LogP contribution < -0.4 is 56.5 Å². The van der Waals surface area contributed by atoms with Crippen molar-refractivity contribution in [2.24, 2.45) is 0 Å². The SMILES string of the molecule is CC1=COC(C)(C(=O)[O-])O1.[K+]. The van der Waals surface area contributed by atoms with Crippen molar-refractivity contribution in [1.29, 1.82) is 0 Å². The van der Waals surface area contributed by atoms with Crippen molar-refractivity contribution in [3.63, 3.8) is 0 Å². The van der Waals surface area contributed by atoms with Gasteiger partial charge in [-0.1, -0.05) is 0 Å². The van der Waals surface area contributed by atoms with E-state index in [0.717, 1.165) is 0 Å². The van der Waals surface area contributed by atoms with Crippen molar-refractivity contribution in [2.45, 2.75) is 19.6 Å². The van der Waals surface area contributed by atoms with Crippen LogP contribution in [-0.2, 0) is 14.3 Å². The van der Waals surface area contributed by atoms with Gasteiger partial charge in [0.05, 0.1) is 0 Å². The molecular weight excluding hydrogens is 175 g/mol. The fourth-order valence-electron chi connectivity index (χ4n) is 0.641. The van der Waals surface area contributed by atoms with Crippen LogP contribution in [0.25, 0.3) is 0 Å². The second kappa shape index (κ2) is 3.91. The average molecular weight is 182 g/mol. The van der Waals surface area contributed by atoms with Crippen LogP contribution in [0.4, 0.5) is 0 Å². The van der Waals surface area contributed by atoms with Gasteiger partial charge in [0.2, 0.25) is 0 Å². The minimum Gasteiger partial charge on any atom is -0.543 e. The van der Waals surface area contributed by atoms with E-state index >= 15 is 0 Å². The molecule has 0 aliphatic carbocycles. The third kappa shape index (κ3) is 2.45. The molecule has 0 N–H and O–H groups in total. The topological polar surface area (TPSA) is 58.6 Å². The quantitative estimate of drug-likeness (QED) is 0.393. The fourth-order valence-corrected chi connectivity index (χ4v) is 0.641. The standard InChI is InChI=1S/C6H8O4.K/c1-4-3-9-6(2,10-4)5(7)8;/h3H,1-2H3,(H,7,8);/q;+1/p-1. The molecule has 0 aromatic carbocycles. The van der Waals surface area contributed by atoms with E-state index in [-0.39, 0.29) is 51.4 Å². The Morgan fingerprint density at radius 1 is 1.73 bits per heavy atom. The number of carboxylic acids is 1. The largest absolute Gasteiger partial charge is 1.00 e. The summed E-state index contributed by atoms with van der Waals surface area (Å²) in [5.74, 6) is -2.56. The first-order valence-electron chi connectivity index (χ1n) is 2.79. The van der Waals surface area contributed by atoms with Crippen LogP contribution in [0, 0.1) is 0 Å². The summed E-state index contributed by atoms with van der Waals surface area (Å²) in [5.41, 5.74) is 0. The molecule has 4 nitrogen and oxygen atoms in total. The predicted octanol–water partition coefficient (Wildman–Crippen LogP) is -3.64. The first-order chi connectivity index (χ1) is 4.54. The summed E-state index contributed by atoms with van der Waals surface area (Å²) in [6.07, 6.45) is 1.25. The summed E-state index contributed by atoms with van der Waals surface area (Å²) in [6, 6.07) is 0. The second-order valence-corrected chi connectivity index (χ2v) is 2.18. The van der Waals surface area contributed by atoms with Crippen molar-refractivity contribution in [1.82, 2.24) is 0 Å². The Kier molecular flexibility index (Phi) is 4.07. The third-order valence-corrected chi connectivity index (χ3v) is 1.18. The number of ether oxygens (including phenoxy) is 2. The number of hydrogen-bond acceptors (Lipinski definition) is 4. The molecule has 1 rings (SSSR count). The maximum atomic E-state index is 10.3. The molecule has 1 aliphatic rings. The third-order valence-electron chi connectivity index (χ3n) is 1.18.